The fourth-order valence-corrected chi connectivity index (χ4v) is 2.92. The van der Waals surface area contributed by atoms with E-state index >= 15 is 0 Å². The zero-order chi connectivity index (χ0) is 18.9. The first kappa shape index (κ1) is 20.4. The standard InChI is InChI=1S/C14H25NO10/c1-4-8(18)10(20)11(21)14(23-4)25-12-6(3-16)24-13(22)7(9(12)19)15-5(2)17/h4,6-14,16,18-22H,3H2,1-2H3,(H,15,17)/t4-,6-,7-,8+,9+,10-,11-,12+,13+,14-/m0/s1. The van der Waals surface area contributed by atoms with Gasteiger partial charge in [-0.25, -0.2) is 0 Å². The van der Waals surface area contributed by atoms with Crippen molar-refractivity contribution in [1.29, 1.82) is 0 Å². The number of ether oxygens (including phenoxy) is 3. The van der Waals surface area contributed by atoms with Gasteiger partial charge in [0, 0.05) is 6.92 Å². The Labute approximate surface area is 143 Å². The van der Waals surface area contributed by atoms with E-state index in [4.69, 9.17) is 14.2 Å². The van der Waals surface area contributed by atoms with E-state index in [0.717, 1.165) is 0 Å². The minimum atomic E-state index is -1.62. The van der Waals surface area contributed by atoms with Gasteiger partial charge in [-0.05, 0) is 6.92 Å². The van der Waals surface area contributed by atoms with Crippen molar-refractivity contribution in [2.24, 2.45) is 0 Å². The first-order valence-corrected chi connectivity index (χ1v) is 7.92. The Balaban J connectivity index is 2.15. The summed E-state index contributed by atoms with van der Waals surface area (Å²) < 4.78 is 15.9. The zero-order valence-electron chi connectivity index (χ0n) is 13.8. The Kier molecular flexibility index (Phi) is 6.70. The van der Waals surface area contributed by atoms with Gasteiger partial charge >= 0.3 is 0 Å². The number of carbonyl (C=O) groups excluding carboxylic acids is 1. The number of amides is 1. The fourth-order valence-electron chi connectivity index (χ4n) is 2.92. The predicted octanol–water partition coefficient (Wildman–Crippen LogP) is -4.23. The third-order valence-corrected chi connectivity index (χ3v) is 4.34. The second-order valence-electron chi connectivity index (χ2n) is 6.25. The molecule has 7 N–H and O–H groups in total. The van der Waals surface area contributed by atoms with Gasteiger partial charge in [-0.2, -0.15) is 0 Å². The summed E-state index contributed by atoms with van der Waals surface area (Å²) in [6, 6.07) is -1.24. The van der Waals surface area contributed by atoms with Crippen LogP contribution in [0.2, 0.25) is 0 Å². The van der Waals surface area contributed by atoms with Crippen LogP contribution in [0.4, 0.5) is 0 Å². The van der Waals surface area contributed by atoms with Crippen LogP contribution < -0.4 is 5.32 Å². The molecule has 2 heterocycles. The Morgan fingerprint density at radius 3 is 2.24 bits per heavy atom. The SMILES string of the molecule is CC(=O)N[C@H]1[C@@H](O)[C@H](O[C@@H]2O[C@@H](C)[C@@H](O)[C@H](O)[C@@H]2O)[C@H](CO)O[C@H]1O. The number of aliphatic hydroxyl groups excluding tert-OH is 6. The molecule has 0 bridgehead atoms. The Hall–Kier alpha value is -0.890. The number of aliphatic hydroxyl groups is 6. The van der Waals surface area contributed by atoms with Crippen LogP contribution >= 0.6 is 0 Å². The molecule has 0 spiro atoms. The maximum absolute atomic E-state index is 11.2. The smallest absolute Gasteiger partial charge is 0.217 e. The van der Waals surface area contributed by atoms with Crippen molar-refractivity contribution in [3.05, 3.63) is 0 Å². The van der Waals surface area contributed by atoms with Gasteiger partial charge in [0.1, 0.15) is 42.7 Å². The van der Waals surface area contributed by atoms with E-state index in [1.54, 1.807) is 0 Å². The van der Waals surface area contributed by atoms with Crippen LogP contribution in [-0.2, 0) is 19.0 Å². The highest BCUT2D eigenvalue weighted by atomic mass is 16.7. The lowest BCUT2D eigenvalue weighted by molar-refractivity contribution is -0.341. The Morgan fingerprint density at radius 2 is 1.68 bits per heavy atom. The lowest BCUT2D eigenvalue weighted by Gasteiger charge is -2.46. The molecule has 11 heteroatoms. The van der Waals surface area contributed by atoms with Crippen LogP contribution in [0, 0.1) is 0 Å². The van der Waals surface area contributed by atoms with Crippen molar-refractivity contribution >= 4 is 5.91 Å². The second-order valence-corrected chi connectivity index (χ2v) is 6.25. The highest BCUT2D eigenvalue weighted by molar-refractivity contribution is 5.73. The predicted molar refractivity (Wildman–Crippen MR) is 78.8 cm³/mol. The van der Waals surface area contributed by atoms with Gasteiger partial charge in [0.25, 0.3) is 0 Å². The summed E-state index contributed by atoms with van der Waals surface area (Å²) in [6.07, 6.45) is -12.3. The van der Waals surface area contributed by atoms with Gasteiger partial charge in [-0.15, -0.1) is 0 Å². The van der Waals surface area contributed by atoms with Crippen molar-refractivity contribution in [3.63, 3.8) is 0 Å². The van der Waals surface area contributed by atoms with Crippen molar-refractivity contribution < 1.29 is 49.6 Å². The second kappa shape index (κ2) is 8.20. The molecule has 2 fully saturated rings. The summed E-state index contributed by atoms with van der Waals surface area (Å²) in [5.74, 6) is -0.533. The summed E-state index contributed by atoms with van der Waals surface area (Å²) in [5.41, 5.74) is 0. The minimum Gasteiger partial charge on any atom is -0.394 e. The molecule has 10 atom stereocenters. The van der Waals surface area contributed by atoms with Crippen molar-refractivity contribution in [2.75, 3.05) is 6.61 Å². The third kappa shape index (κ3) is 4.27. The highest BCUT2D eigenvalue weighted by Crippen LogP contribution is 2.28. The first-order valence-electron chi connectivity index (χ1n) is 7.92. The average Bonchev–Trinajstić information content (AvgIpc) is 2.56. The largest absolute Gasteiger partial charge is 0.394 e. The molecule has 2 aliphatic heterocycles. The topological polar surface area (TPSA) is 178 Å². The molecule has 25 heavy (non-hydrogen) atoms. The monoisotopic (exact) mass is 367 g/mol. The average molecular weight is 367 g/mol. The summed E-state index contributed by atoms with van der Waals surface area (Å²) >= 11 is 0. The van der Waals surface area contributed by atoms with E-state index in [2.05, 4.69) is 5.32 Å². The number of hydrogen-bond acceptors (Lipinski definition) is 10. The summed E-state index contributed by atoms with van der Waals surface area (Å²) in [4.78, 5) is 11.2. The summed E-state index contributed by atoms with van der Waals surface area (Å²) in [6.45, 7) is 2.01. The molecule has 0 aromatic carbocycles. The molecule has 2 rings (SSSR count). The quantitative estimate of drug-likeness (QED) is 0.257. The van der Waals surface area contributed by atoms with Crippen LogP contribution in [-0.4, -0.2) is 105 Å². The van der Waals surface area contributed by atoms with Gasteiger partial charge in [-0.1, -0.05) is 0 Å². The molecule has 0 unspecified atom stereocenters. The number of hydrogen-bond donors (Lipinski definition) is 7. The van der Waals surface area contributed by atoms with Crippen molar-refractivity contribution in [3.8, 4) is 0 Å². The van der Waals surface area contributed by atoms with Crippen LogP contribution in [0.25, 0.3) is 0 Å². The summed E-state index contributed by atoms with van der Waals surface area (Å²) in [5, 5.41) is 61.5. The van der Waals surface area contributed by atoms with Gasteiger partial charge < -0.3 is 50.2 Å². The van der Waals surface area contributed by atoms with E-state index < -0.39 is 73.9 Å². The fraction of sp³-hybridized carbons (Fsp3) is 0.929. The highest BCUT2D eigenvalue weighted by Gasteiger charge is 2.50. The summed E-state index contributed by atoms with van der Waals surface area (Å²) in [7, 11) is 0. The maximum atomic E-state index is 11.2. The molecular formula is C14H25NO10. The van der Waals surface area contributed by atoms with Crippen LogP contribution in [0.5, 0.6) is 0 Å². The maximum Gasteiger partial charge on any atom is 0.217 e. The van der Waals surface area contributed by atoms with E-state index in [1.165, 1.54) is 13.8 Å². The third-order valence-electron chi connectivity index (χ3n) is 4.34. The molecule has 0 aromatic rings. The van der Waals surface area contributed by atoms with Crippen molar-refractivity contribution in [1.82, 2.24) is 5.32 Å². The Bertz CT molecular complexity index is 465. The molecule has 0 aliphatic carbocycles. The van der Waals surface area contributed by atoms with Crippen molar-refractivity contribution in [2.45, 2.75) is 75.2 Å². The minimum absolute atomic E-state index is 0.533. The molecule has 2 aliphatic rings. The Morgan fingerprint density at radius 1 is 1.04 bits per heavy atom. The zero-order valence-corrected chi connectivity index (χ0v) is 13.8. The molecule has 11 nitrogen and oxygen atoms in total. The van der Waals surface area contributed by atoms with Gasteiger partial charge in [-0.3, -0.25) is 4.79 Å². The van der Waals surface area contributed by atoms with Gasteiger partial charge in [0.15, 0.2) is 12.6 Å². The molecule has 0 radical (unpaired) electrons. The van der Waals surface area contributed by atoms with Crippen LogP contribution in [0.1, 0.15) is 13.8 Å². The van der Waals surface area contributed by atoms with Gasteiger partial charge in [0.05, 0.1) is 12.7 Å². The molecule has 2 saturated heterocycles. The number of carbonyl (C=O) groups is 1. The van der Waals surface area contributed by atoms with E-state index in [9.17, 15) is 35.4 Å². The molecule has 146 valence electrons. The van der Waals surface area contributed by atoms with E-state index in [1.807, 2.05) is 0 Å². The molecular weight excluding hydrogens is 342 g/mol. The lowest BCUT2D eigenvalue weighted by Crippen LogP contribution is -2.66. The molecule has 1 amide bonds. The van der Waals surface area contributed by atoms with Crippen LogP contribution in [0.15, 0.2) is 0 Å². The van der Waals surface area contributed by atoms with Crippen LogP contribution in [0.3, 0.4) is 0 Å². The van der Waals surface area contributed by atoms with Gasteiger partial charge in [0.2, 0.25) is 5.91 Å². The van der Waals surface area contributed by atoms with E-state index in [-0.39, 0.29) is 0 Å². The molecule has 0 saturated carbocycles. The number of nitrogens with one attached hydrogen (secondary N) is 1. The van der Waals surface area contributed by atoms with E-state index in [0.29, 0.717) is 0 Å². The first-order chi connectivity index (χ1) is 11.7. The number of rotatable bonds is 4. The molecule has 0 aromatic heterocycles. The lowest BCUT2D eigenvalue weighted by atomic mass is 9.95. The normalized spacial score (nSPS) is 48.2.